The van der Waals surface area contributed by atoms with E-state index < -0.39 is 0 Å². The third-order valence-corrected chi connectivity index (χ3v) is 3.91. The quantitative estimate of drug-likeness (QED) is 0.674. The van der Waals surface area contributed by atoms with Crippen LogP contribution in [0.15, 0.2) is 40.8 Å². The first-order valence-corrected chi connectivity index (χ1v) is 6.13. The summed E-state index contributed by atoms with van der Waals surface area (Å²) in [5, 5.41) is 0. The fourth-order valence-electron chi connectivity index (χ4n) is 2.29. The van der Waals surface area contributed by atoms with Crippen LogP contribution >= 0.6 is 11.3 Å². The molecule has 0 atom stereocenters. The van der Waals surface area contributed by atoms with Crippen LogP contribution in [0.25, 0.3) is 5.57 Å². The Kier molecular flexibility index (Phi) is 1.52. The Morgan fingerprint density at radius 2 is 2.12 bits per heavy atom. The topological polar surface area (TPSA) is 25.2 Å². The second-order valence-electron chi connectivity index (χ2n) is 3.93. The number of thiazole rings is 1. The number of aromatic nitrogens is 1. The van der Waals surface area contributed by atoms with Crippen molar-refractivity contribution in [2.24, 2.45) is 4.99 Å². The molecule has 0 spiro atoms. The Balaban J connectivity index is 2.01. The molecule has 0 unspecified atom stereocenters. The van der Waals surface area contributed by atoms with Crippen LogP contribution < -0.4 is 0 Å². The van der Waals surface area contributed by atoms with Crippen molar-refractivity contribution < 1.29 is 0 Å². The Morgan fingerprint density at radius 3 is 3.12 bits per heavy atom. The molecule has 76 valence electrons. The summed E-state index contributed by atoms with van der Waals surface area (Å²) in [6, 6.07) is 8.32. The van der Waals surface area contributed by atoms with Gasteiger partial charge in [0.25, 0.3) is 0 Å². The van der Waals surface area contributed by atoms with Crippen molar-refractivity contribution in [1.29, 1.82) is 0 Å². The van der Waals surface area contributed by atoms with Crippen LogP contribution in [-0.4, -0.2) is 10.7 Å². The van der Waals surface area contributed by atoms with Gasteiger partial charge >= 0.3 is 0 Å². The molecule has 0 bridgehead atoms. The molecule has 0 N–H and O–H groups in total. The van der Waals surface area contributed by atoms with Gasteiger partial charge in [-0.25, -0.2) is 9.98 Å². The summed E-state index contributed by atoms with van der Waals surface area (Å²) in [5.41, 5.74) is 7.83. The molecule has 4 rings (SSSR count). The van der Waals surface area contributed by atoms with Gasteiger partial charge in [0.05, 0.1) is 27.5 Å². The van der Waals surface area contributed by atoms with Crippen LogP contribution in [0.3, 0.4) is 0 Å². The highest BCUT2D eigenvalue weighted by atomic mass is 32.1. The van der Waals surface area contributed by atoms with Gasteiger partial charge in [-0.15, -0.1) is 11.3 Å². The largest absolute Gasteiger partial charge is 0.249 e. The van der Waals surface area contributed by atoms with Gasteiger partial charge in [-0.3, -0.25) is 0 Å². The zero-order chi connectivity index (χ0) is 10.5. The SMILES string of the molecule is C1=C2C(=Nc3ccccc32)c2scnc2C1. The minimum absolute atomic E-state index is 0.932. The molecule has 1 aromatic heterocycles. The van der Waals surface area contributed by atoms with Gasteiger partial charge in [-0.05, 0) is 6.07 Å². The molecule has 1 aliphatic carbocycles. The van der Waals surface area contributed by atoms with Crippen LogP contribution in [0, 0.1) is 0 Å². The molecule has 0 saturated carbocycles. The van der Waals surface area contributed by atoms with Gasteiger partial charge in [-0.1, -0.05) is 24.3 Å². The molecule has 0 amide bonds. The molecular formula is C13H8N2S. The number of nitrogens with zero attached hydrogens (tertiary/aromatic N) is 2. The monoisotopic (exact) mass is 224 g/mol. The number of para-hydroxylation sites is 1. The molecule has 2 aromatic rings. The second kappa shape index (κ2) is 2.89. The van der Waals surface area contributed by atoms with E-state index in [4.69, 9.17) is 4.99 Å². The van der Waals surface area contributed by atoms with Crippen molar-refractivity contribution in [1.82, 2.24) is 4.98 Å². The predicted octanol–water partition coefficient (Wildman–Crippen LogP) is 3.22. The normalized spacial score (nSPS) is 16.0. The maximum atomic E-state index is 4.71. The fraction of sp³-hybridized carbons (Fsp3) is 0.0769. The van der Waals surface area contributed by atoms with Gasteiger partial charge in [0, 0.05) is 17.6 Å². The average molecular weight is 224 g/mol. The standard InChI is InChI=1S/C13H8N2S/c1-2-4-10-8(3-1)9-5-6-11-13(12(9)15-10)16-7-14-11/h1-5,7H,6H2. The summed E-state index contributed by atoms with van der Waals surface area (Å²) in [4.78, 5) is 10.3. The van der Waals surface area contributed by atoms with Gasteiger partial charge in [0.2, 0.25) is 0 Å². The highest BCUT2D eigenvalue weighted by molar-refractivity contribution is 7.12. The summed E-state index contributed by atoms with van der Waals surface area (Å²) in [5.74, 6) is 0. The first-order chi connectivity index (χ1) is 7.93. The van der Waals surface area contributed by atoms with Crippen molar-refractivity contribution in [2.45, 2.75) is 6.42 Å². The molecule has 16 heavy (non-hydrogen) atoms. The first kappa shape index (κ1) is 8.42. The Labute approximate surface area is 97.0 Å². The summed E-state index contributed by atoms with van der Waals surface area (Å²) in [6.07, 6.45) is 3.17. The highest BCUT2D eigenvalue weighted by Gasteiger charge is 2.27. The molecule has 0 fully saturated rings. The zero-order valence-electron chi connectivity index (χ0n) is 8.47. The highest BCUT2D eigenvalue weighted by Crippen LogP contribution is 2.40. The van der Waals surface area contributed by atoms with Gasteiger partial charge in [0.15, 0.2) is 0 Å². The predicted molar refractivity (Wildman–Crippen MR) is 66.4 cm³/mol. The number of fused-ring (bicyclic) bond motifs is 5. The lowest BCUT2D eigenvalue weighted by atomic mass is 9.95. The smallest absolute Gasteiger partial charge is 0.0904 e. The average Bonchev–Trinajstić information content (AvgIpc) is 2.92. The molecule has 2 aliphatic rings. The Bertz CT molecular complexity index is 649. The van der Waals surface area contributed by atoms with Crippen molar-refractivity contribution >= 4 is 28.3 Å². The summed E-state index contributed by atoms with van der Waals surface area (Å²) in [7, 11) is 0. The molecule has 1 aliphatic heterocycles. The van der Waals surface area contributed by atoms with Crippen molar-refractivity contribution in [2.75, 3.05) is 0 Å². The number of aliphatic imine (C=N–C) groups is 1. The van der Waals surface area contributed by atoms with E-state index in [1.165, 1.54) is 21.7 Å². The Hall–Kier alpha value is -1.74. The van der Waals surface area contributed by atoms with E-state index in [0.717, 1.165) is 17.8 Å². The first-order valence-electron chi connectivity index (χ1n) is 5.25. The van der Waals surface area contributed by atoms with E-state index in [0.29, 0.717) is 0 Å². The molecule has 2 nitrogen and oxygen atoms in total. The molecular weight excluding hydrogens is 216 g/mol. The second-order valence-corrected chi connectivity index (χ2v) is 4.78. The van der Waals surface area contributed by atoms with Crippen LogP contribution in [-0.2, 0) is 6.42 Å². The maximum absolute atomic E-state index is 4.71. The number of hydrogen-bond acceptors (Lipinski definition) is 3. The summed E-state index contributed by atoms with van der Waals surface area (Å²) < 4.78 is 0. The van der Waals surface area contributed by atoms with E-state index >= 15 is 0 Å². The van der Waals surface area contributed by atoms with E-state index in [2.05, 4.69) is 29.3 Å². The Morgan fingerprint density at radius 1 is 1.19 bits per heavy atom. The van der Waals surface area contributed by atoms with Gasteiger partial charge < -0.3 is 0 Å². The number of rotatable bonds is 0. The number of hydrogen-bond donors (Lipinski definition) is 0. The van der Waals surface area contributed by atoms with Crippen LogP contribution in [0.5, 0.6) is 0 Å². The zero-order valence-corrected chi connectivity index (χ0v) is 9.29. The molecule has 3 heteroatoms. The van der Waals surface area contributed by atoms with E-state index in [1.54, 1.807) is 11.3 Å². The number of allylic oxidation sites excluding steroid dienone is 2. The van der Waals surface area contributed by atoms with Crippen molar-refractivity contribution in [3.05, 3.63) is 52.0 Å². The van der Waals surface area contributed by atoms with E-state index in [9.17, 15) is 0 Å². The number of benzene rings is 1. The molecule has 2 heterocycles. The molecule has 0 saturated heterocycles. The van der Waals surface area contributed by atoms with Gasteiger partial charge in [-0.2, -0.15) is 0 Å². The van der Waals surface area contributed by atoms with E-state index in [-0.39, 0.29) is 0 Å². The summed E-state index contributed by atoms with van der Waals surface area (Å²) in [6.45, 7) is 0. The summed E-state index contributed by atoms with van der Waals surface area (Å²) >= 11 is 1.69. The lowest BCUT2D eigenvalue weighted by Crippen LogP contribution is -2.06. The maximum Gasteiger partial charge on any atom is 0.0904 e. The van der Waals surface area contributed by atoms with Crippen LogP contribution in [0.4, 0.5) is 5.69 Å². The van der Waals surface area contributed by atoms with Crippen LogP contribution in [0.1, 0.15) is 16.1 Å². The lowest BCUT2D eigenvalue weighted by Gasteiger charge is -2.09. The third kappa shape index (κ3) is 0.959. The lowest BCUT2D eigenvalue weighted by molar-refractivity contribution is 1.14. The molecule has 1 aromatic carbocycles. The van der Waals surface area contributed by atoms with Crippen molar-refractivity contribution in [3.8, 4) is 0 Å². The fourth-order valence-corrected chi connectivity index (χ4v) is 3.12. The minimum atomic E-state index is 0.932. The van der Waals surface area contributed by atoms with Crippen molar-refractivity contribution in [3.63, 3.8) is 0 Å². The molecule has 0 radical (unpaired) electrons. The third-order valence-electron chi connectivity index (χ3n) is 3.04. The van der Waals surface area contributed by atoms with Crippen LogP contribution in [0.2, 0.25) is 0 Å². The minimum Gasteiger partial charge on any atom is -0.249 e. The van der Waals surface area contributed by atoms with Gasteiger partial charge in [0.1, 0.15) is 0 Å². The van der Waals surface area contributed by atoms with E-state index in [1.807, 2.05) is 11.6 Å².